The first-order valence-corrected chi connectivity index (χ1v) is 7.42. The molecule has 1 amide bonds. The van der Waals surface area contributed by atoms with Crippen molar-refractivity contribution in [3.05, 3.63) is 49.7 Å². The molecule has 0 bridgehead atoms. The van der Waals surface area contributed by atoms with E-state index >= 15 is 0 Å². The van der Waals surface area contributed by atoms with Gasteiger partial charge >= 0.3 is 0 Å². The lowest BCUT2D eigenvalue weighted by molar-refractivity contribution is 0.0954. The molecule has 94 valence electrons. The smallest absolute Gasteiger partial charge is 0.251 e. The minimum Gasteiger partial charge on any atom is -0.507 e. The highest BCUT2D eigenvalue weighted by molar-refractivity contribution is 14.1. The van der Waals surface area contributed by atoms with Gasteiger partial charge in [0.1, 0.15) is 5.75 Å². The first-order chi connectivity index (χ1) is 8.66. The van der Waals surface area contributed by atoms with Crippen molar-refractivity contribution in [3.63, 3.8) is 0 Å². The third kappa shape index (κ3) is 3.46. The van der Waals surface area contributed by atoms with Crippen molar-refractivity contribution in [1.82, 2.24) is 5.32 Å². The molecule has 0 atom stereocenters. The van der Waals surface area contributed by atoms with Crippen LogP contribution in [0.15, 0.2) is 35.7 Å². The summed E-state index contributed by atoms with van der Waals surface area (Å²) in [5.41, 5.74) is 0.485. The maximum absolute atomic E-state index is 11.8. The molecule has 2 aromatic rings. The topological polar surface area (TPSA) is 49.3 Å². The van der Waals surface area contributed by atoms with Crippen molar-refractivity contribution in [3.8, 4) is 5.75 Å². The molecule has 0 aliphatic heterocycles. The maximum atomic E-state index is 11.8. The summed E-state index contributed by atoms with van der Waals surface area (Å²) in [4.78, 5) is 13.1. The van der Waals surface area contributed by atoms with Crippen LogP contribution in [0.5, 0.6) is 5.75 Å². The van der Waals surface area contributed by atoms with E-state index in [0.717, 1.165) is 9.99 Å². The molecule has 0 unspecified atom stereocenters. The molecule has 3 nitrogen and oxygen atoms in total. The number of hydrogen-bond acceptors (Lipinski definition) is 3. The Balaban J connectivity index is 1.89. The molecular formula is C13H12INO2S. The number of phenolic OH excluding ortho intramolecular Hbond substituents is 1. The second-order valence-corrected chi connectivity index (χ2v) is 5.95. The third-order valence-corrected chi connectivity index (χ3v) is 4.29. The summed E-state index contributed by atoms with van der Waals surface area (Å²) in [6, 6.07) is 8.97. The van der Waals surface area contributed by atoms with Gasteiger partial charge in [-0.1, -0.05) is 6.07 Å². The van der Waals surface area contributed by atoms with E-state index in [4.69, 9.17) is 0 Å². The summed E-state index contributed by atoms with van der Waals surface area (Å²) < 4.78 is 0.739. The quantitative estimate of drug-likeness (QED) is 0.810. The van der Waals surface area contributed by atoms with Gasteiger partial charge in [0.25, 0.3) is 5.91 Å². The van der Waals surface area contributed by atoms with E-state index in [9.17, 15) is 9.90 Å². The van der Waals surface area contributed by atoms with Crippen LogP contribution in [0.25, 0.3) is 0 Å². The van der Waals surface area contributed by atoms with Crippen molar-refractivity contribution in [2.75, 3.05) is 6.54 Å². The molecule has 0 aliphatic rings. The van der Waals surface area contributed by atoms with Crippen molar-refractivity contribution in [2.45, 2.75) is 6.42 Å². The van der Waals surface area contributed by atoms with Gasteiger partial charge in [0.15, 0.2) is 0 Å². The fourth-order valence-corrected chi connectivity index (χ4v) is 2.55. The number of rotatable bonds is 4. The maximum Gasteiger partial charge on any atom is 0.251 e. The Bertz CT molecular complexity index is 540. The van der Waals surface area contributed by atoms with Crippen molar-refractivity contribution < 1.29 is 9.90 Å². The third-order valence-electron chi connectivity index (χ3n) is 2.45. The Labute approximate surface area is 123 Å². The molecule has 5 heteroatoms. The van der Waals surface area contributed by atoms with Gasteiger partial charge in [-0.2, -0.15) is 0 Å². The van der Waals surface area contributed by atoms with E-state index in [1.54, 1.807) is 23.5 Å². The van der Waals surface area contributed by atoms with Gasteiger partial charge in [0.2, 0.25) is 0 Å². The lowest BCUT2D eigenvalue weighted by atomic mass is 10.2. The Morgan fingerprint density at radius 3 is 2.89 bits per heavy atom. The normalized spacial score (nSPS) is 10.3. The summed E-state index contributed by atoms with van der Waals surface area (Å²) in [7, 11) is 0. The van der Waals surface area contributed by atoms with Crippen molar-refractivity contribution >= 4 is 39.8 Å². The number of carbonyl (C=O) groups excluding carboxylic acids is 1. The van der Waals surface area contributed by atoms with Crippen LogP contribution in [0.1, 0.15) is 15.2 Å². The van der Waals surface area contributed by atoms with Crippen LogP contribution in [0, 0.1) is 3.57 Å². The minimum absolute atomic E-state index is 0.140. The van der Waals surface area contributed by atoms with Crippen LogP contribution in [-0.2, 0) is 6.42 Å². The van der Waals surface area contributed by atoms with E-state index in [0.29, 0.717) is 12.1 Å². The number of nitrogens with one attached hydrogen (secondary N) is 1. The van der Waals surface area contributed by atoms with Gasteiger partial charge in [-0.25, -0.2) is 0 Å². The summed E-state index contributed by atoms with van der Waals surface area (Å²) in [5.74, 6) is -0.0141. The first kappa shape index (κ1) is 13.4. The van der Waals surface area contributed by atoms with E-state index in [1.165, 1.54) is 10.9 Å². The van der Waals surface area contributed by atoms with E-state index in [2.05, 4.69) is 5.32 Å². The molecular weight excluding hydrogens is 361 g/mol. The molecule has 1 aromatic heterocycles. The fourth-order valence-electron chi connectivity index (χ4n) is 1.51. The van der Waals surface area contributed by atoms with Gasteiger partial charge in [-0.3, -0.25) is 4.79 Å². The Morgan fingerprint density at radius 1 is 1.39 bits per heavy atom. The van der Waals surface area contributed by atoms with Crippen LogP contribution in [0.3, 0.4) is 0 Å². The number of aromatic hydroxyl groups is 1. The van der Waals surface area contributed by atoms with Crippen molar-refractivity contribution in [1.29, 1.82) is 0 Å². The van der Waals surface area contributed by atoms with Gasteiger partial charge in [0.05, 0.1) is 3.57 Å². The zero-order chi connectivity index (χ0) is 13.0. The number of amides is 1. The Kier molecular flexibility index (Phi) is 4.60. The van der Waals surface area contributed by atoms with Crippen LogP contribution >= 0.6 is 33.9 Å². The Hall–Kier alpha value is -1.08. The molecule has 0 aliphatic carbocycles. The zero-order valence-corrected chi connectivity index (χ0v) is 12.5. The van der Waals surface area contributed by atoms with Gasteiger partial charge in [-0.15, -0.1) is 11.3 Å². The average Bonchev–Trinajstić information content (AvgIpc) is 2.85. The first-order valence-electron chi connectivity index (χ1n) is 5.46. The highest BCUT2D eigenvalue weighted by atomic mass is 127. The zero-order valence-electron chi connectivity index (χ0n) is 9.52. The standard InChI is InChI=1S/C13H12INO2S/c14-11-4-3-9(8-12(11)16)13(17)15-6-5-10-2-1-7-18-10/h1-4,7-8,16H,5-6H2,(H,15,17). The molecule has 0 fully saturated rings. The number of halogens is 1. The molecule has 0 saturated heterocycles. The molecule has 2 N–H and O–H groups in total. The largest absolute Gasteiger partial charge is 0.507 e. The van der Waals surface area contributed by atoms with Crippen LogP contribution in [-0.4, -0.2) is 17.6 Å². The lowest BCUT2D eigenvalue weighted by Crippen LogP contribution is -2.25. The van der Waals surface area contributed by atoms with E-state index in [-0.39, 0.29) is 11.7 Å². The SMILES string of the molecule is O=C(NCCc1cccs1)c1ccc(I)c(O)c1. The van der Waals surface area contributed by atoms with Crippen molar-refractivity contribution in [2.24, 2.45) is 0 Å². The molecule has 1 heterocycles. The van der Waals surface area contributed by atoms with Gasteiger partial charge in [-0.05, 0) is 58.7 Å². The molecule has 2 rings (SSSR count). The molecule has 1 aromatic carbocycles. The monoisotopic (exact) mass is 373 g/mol. The molecule has 18 heavy (non-hydrogen) atoms. The molecule has 0 radical (unpaired) electrons. The summed E-state index contributed by atoms with van der Waals surface area (Å²) in [6.45, 7) is 0.603. The summed E-state index contributed by atoms with van der Waals surface area (Å²) in [6.07, 6.45) is 0.833. The minimum atomic E-state index is -0.154. The number of benzene rings is 1. The summed E-state index contributed by atoms with van der Waals surface area (Å²) in [5, 5.41) is 14.4. The fraction of sp³-hybridized carbons (Fsp3) is 0.154. The predicted molar refractivity (Wildman–Crippen MR) is 81.2 cm³/mol. The number of hydrogen-bond donors (Lipinski definition) is 2. The van der Waals surface area contributed by atoms with E-state index < -0.39 is 0 Å². The highest BCUT2D eigenvalue weighted by Gasteiger charge is 2.07. The lowest BCUT2D eigenvalue weighted by Gasteiger charge is -2.05. The highest BCUT2D eigenvalue weighted by Crippen LogP contribution is 2.20. The Morgan fingerprint density at radius 2 is 2.22 bits per heavy atom. The van der Waals surface area contributed by atoms with Crippen LogP contribution in [0.4, 0.5) is 0 Å². The number of carbonyl (C=O) groups is 1. The molecule has 0 spiro atoms. The number of thiophene rings is 1. The van der Waals surface area contributed by atoms with Crippen LogP contribution in [0.2, 0.25) is 0 Å². The summed E-state index contributed by atoms with van der Waals surface area (Å²) >= 11 is 3.70. The molecule has 0 saturated carbocycles. The second kappa shape index (κ2) is 6.19. The van der Waals surface area contributed by atoms with Gasteiger partial charge in [0, 0.05) is 17.0 Å². The predicted octanol–water partition coefficient (Wildman–Crippen LogP) is 3.03. The van der Waals surface area contributed by atoms with E-state index in [1.807, 2.05) is 40.1 Å². The number of phenols is 1. The van der Waals surface area contributed by atoms with Crippen LogP contribution < -0.4 is 5.32 Å². The average molecular weight is 373 g/mol. The van der Waals surface area contributed by atoms with Gasteiger partial charge < -0.3 is 10.4 Å². The second-order valence-electron chi connectivity index (χ2n) is 3.75.